The van der Waals surface area contributed by atoms with Gasteiger partial charge in [-0.15, -0.1) is 0 Å². The fourth-order valence-corrected chi connectivity index (χ4v) is 2.81. The minimum absolute atomic E-state index is 0.137. The average Bonchev–Trinajstić information content (AvgIpc) is 2.24. The highest BCUT2D eigenvalue weighted by atomic mass is 16.5. The Morgan fingerprint density at radius 1 is 1.50 bits per heavy atom. The van der Waals surface area contributed by atoms with Crippen molar-refractivity contribution in [2.75, 3.05) is 13.7 Å². The SMILES string of the molecule is CCC1/C(=C/[C@@H](C)COC)C(C)CCC1O. The molecule has 4 atom stereocenters. The van der Waals surface area contributed by atoms with Crippen LogP contribution in [0.15, 0.2) is 11.6 Å². The van der Waals surface area contributed by atoms with E-state index in [2.05, 4.69) is 26.8 Å². The van der Waals surface area contributed by atoms with Crippen LogP contribution in [0.2, 0.25) is 0 Å². The third-order valence-electron chi connectivity index (χ3n) is 3.70. The number of aliphatic hydroxyl groups excluding tert-OH is 1. The molecule has 0 heterocycles. The molecule has 0 spiro atoms. The largest absolute Gasteiger partial charge is 0.393 e. The first-order valence-corrected chi connectivity index (χ1v) is 6.48. The van der Waals surface area contributed by atoms with Gasteiger partial charge in [-0.2, -0.15) is 0 Å². The van der Waals surface area contributed by atoms with E-state index >= 15 is 0 Å². The zero-order valence-corrected chi connectivity index (χ0v) is 11.1. The van der Waals surface area contributed by atoms with Crippen molar-refractivity contribution >= 4 is 0 Å². The molecule has 0 amide bonds. The molecule has 0 bridgehead atoms. The molecule has 1 N–H and O–H groups in total. The average molecular weight is 226 g/mol. The maximum atomic E-state index is 10.0. The van der Waals surface area contributed by atoms with Crippen molar-refractivity contribution in [3.05, 3.63) is 11.6 Å². The Hall–Kier alpha value is -0.340. The maximum Gasteiger partial charge on any atom is 0.0605 e. The van der Waals surface area contributed by atoms with Crippen molar-refractivity contribution in [3.8, 4) is 0 Å². The lowest BCUT2D eigenvalue weighted by molar-refractivity contribution is 0.0830. The van der Waals surface area contributed by atoms with Crippen molar-refractivity contribution in [1.82, 2.24) is 0 Å². The molecular weight excluding hydrogens is 200 g/mol. The predicted molar refractivity (Wildman–Crippen MR) is 67.3 cm³/mol. The fourth-order valence-electron chi connectivity index (χ4n) is 2.81. The normalized spacial score (nSPS) is 35.3. The van der Waals surface area contributed by atoms with Crippen molar-refractivity contribution in [2.45, 2.75) is 46.1 Å². The van der Waals surface area contributed by atoms with Crippen LogP contribution in [0.3, 0.4) is 0 Å². The Labute approximate surface area is 99.7 Å². The molecule has 3 unspecified atom stereocenters. The number of ether oxygens (including phenoxy) is 1. The predicted octanol–water partition coefficient (Wildman–Crippen LogP) is 3.01. The highest BCUT2D eigenvalue weighted by molar-refractivity contribution is 5.16. The van der Waals surface area contributed by atoms with E-state index in [1.807, 2.05) is 0 Å². The van der Waals surface area contributed by atoms with Gasteiger partial charge in [0.25, 0.3) is 0 Å². The molecular formula is C14H26O2. The van der Waals surface area contributed by atoms with Gasteiger partial charge in [0.05, 0.1) is 12.7 Å². The van der Waals surface area contributed by atoms with E-state index in [0.717, 1.165) is 25.9 Å². The number of aliphatic hydroxyl groups is 1. The van der Waals surface area contributed by atoms with Gasteiger partial charge in [0, 0.05) is 13.0 Å². The molecule has 1 saturated carbocycles. The van der Waals surface area contributed by atoms with Gasteiger partial charge in [-0.3, -0.25) is 0 Å². The van der Waals surface area contributed by atoms with Crippen LogP contribution in [0, 0.1) is 17.8 Å². The van der Waals surface area contributed by atoms with Gasteiger partial charge < -0.3 is 9.84 Å². The standard InChI is InChI=1S/C14H26O2/c1-5-12-13(8-10(2)9-16-4)11(3)6-7-14(12)15/h8,10-12,14-15H,5-7,9H2,1-4H3/b13-8+/t10-,11?,12?,14?/m1/s1. The van der Waals surface area contributed by atoms with Crippen molar-refractivity contribution < 1.29 is 9.84 Å². The molecule has 1 fully saturated rings. The summed E-state index contributed by atoms with van der Waals surface area (Å²) >= 11 is 0. The zero-order chi connectivity index (χ0) is 12.1. The minimum Gasteiger partial charge on any atom is -0.393 e. The quantitative estimate of drug-likeness (QED) is 0.747. The van der Waals surface area contributed by atoms with E-state index < -0.39 is 0 Å². The van der Waals surface area contributed by atoms with Crippen LogP contribution >= 0.6 is 0 Å². The first-order valence-electron chi connectivity index (χ1n) is 6.48. The van der Waals surface area contributed by atoms with Gasteiger partial charge in [0.1, 0.15) is 0 Å². The molecule has 16 heavy (non-hydrogen) atoms. The van der Waals surface area contributed by atoms with E-state index in [9.17, 15) is 5.11 Å². The summed E-state index contributed by atoms with van der Waals surface area (Å²) in [5.74, 6) is 1.43. The van der Waals surface area contributed by atoms with E-state index in [-0.39, 0.29) is 6.10 Å². The second-order valence-corrected chi connectivity index (χ2v) is 5.16. The summed E-state index contributed by atoms with van der Waals surface area (Å²) in [5, 5.41) is 10.0. The molecule has 0 saturated heterocycles. The van der Waals surface area contributed by atoms with E-state index in [1.54, 1.807) is 7.11 Å². The zero-order valence-electron chi connectivity index (χ0n) is 11.1. The van der Waals surface area contributed by atoms with Gasteiger partial charge in [0.15, 0.2) is 0 Å². The Balaban J connectivity index is 2.78. The Bertz CT molecular complexity index is 235. The number of hydrogen-bond donors (Lipinski definition) is 1. The first kappa shape index (κ1) is 13.7. The third kappa shape index (κ3) is 3.33. The third-order valence-corrected chi connectivity index (χ3v) is 3.70. The lowest BCUT2D eigenvalue weighted by atomic mass is 9.73. The number of rotatable bonds is 4. The fraction of sp³-hybridized carbons (Fsp3) is 0.857. The van der Waals surface area contributed by atoms with Gasteiger partial charge in [0.2, 0.25) is 0 Å². The van der Waals surface area contributed by atoms with E-state index in [1.165, 1.54) is 5.57 Å². The molecule has 1 aliphatic carbocycles. The lowest BCUT2D eigenvalue weighted by Gasteiger charge is -2.35. The second kappa shape index (κ2) is 6.41. The Morgan fingerprint density at radius 2 is 2.19 bits per heavy atom. The summed E-state index contributed by atoms with van der Waals surface area (Å²) in [7, 11) is 1.74. The molecule has 0 aromatic rings. The highest BCUT2D eigenvalue weighted by Crippen LogP contribution is 2.36. The van der Waals surface area contributed by atoms with Crippen molar-refractivity contribution in [2.24, 2.45) is 17.8 Å². The molecule has 94 valence electrons. The van der Waals surface area contributed by atoms with Crippen LogP contribution in [0.25, 0.3) is 0 Å². The molecule has 0 aliphatic heterocycles. The highest BCUT2D eigenvalue weighted by Gasteiger charge is 2.30. The van der Waals surface area contributed by atoms with Gasteiger partial charge in [-0.25, -0.2) is 0 Å². The summed E-state index contributed by atoms with van der Waals surface area (Å²) in [6.07, 6.45) is 5.29. The van der Waals surface area contributed by atoms with E-state index in [0.29, 0.717) is 17.8 Å². The summed E-state index contributed by atoms with van der Waals surface area (Å²) in [6.45, 7) is 7.39. The maximum absolute atomic E-state index is 10.0. The van der Waals surface area contributed by atoms with Crippen LogP contribution in [0.5, 0.6) is 0 Å². The van der Waals surface area contributed by atoms with Crippen LogP contribution < -0.4 is 0 Å². The van der Waals surface area contributed by atoms with Crippen molar-refractivity contribution in [3.63, 3.8) is 0 Å². The molecule has 1 rings (SSSR count). The Kier molecular flexibility index (Phi) is 5.50. The summed E-state index contributed by atoms with van der Waals surface area (Å²) in [6, 6.07) is 0. The lowest BCUT2D eigenvalue weighted by Crippen LogP contribution is -2.30. The van der Waals surface area contributed by atoms with Crippen LogP contribution in [-0.2, 0) is 4.74 Å². The van der Waals surface area contributed by atoms with Crippen LogP contribution in [0.1, 0.15) is 40.0 Å². The second-order valence-electron chi connectivity index (χ2n) is 5.16. The molecule has 2 nitrogen and oxygen atoms in total. The topological polar surface area (TPSA) is 29.5 Å². The molecule has 1 aliphatic rings. The summed E-state index contributed by atoms with van der Waals surface area (Å²) < 4.78 is 5.17. The molecule has 0 aromatic heterocycles. The number of methoxy groups -OCH3 is 1. The molecule has 0 radical (unpaired) electrons. The Morgan fingerprint density at radius 3 is 2.75 bits per heavy atom. The van der Waals surface area contributed by atoms with Crippen LogP contribution in [0.4, 0.5) is 0 Å². The van der Waals surface area contributed by atoms with Crippen LogP contribution in [-0.4, -0.2) is 24.9 Å². The van der Waals surface area contributed by atoms with Gasteiger partial charge >= 0.3 is 0 Å². The van der Waals surface area contributed by atoms with Gasteiger partial charge in [-0.05, 0) is 31.1 Å². The smallest absolute Gasteiger partial charge is 0.0605 e. The molecule has 2 heteroatoms. The monoisotopic (exact) mass is 226 g/mol. The molecule has 0 aromatic carbocycles. The summed E-state index contributed by atoms with van der Waals surface area (Å²) in [5.41, 5.74) is 1.45. The van der Waals surface area contributed by atoms with Crippen molar-refractivity contribution in [1.29, 1.82) is 0 Å². The summed E-state index contributed by atoms with van der Waals surface area (Å²) in [4.78, 5) is 0. The number of hydrogen-bond acceptors (Lipinski definition) is 2. The van der Waals surface area contributed by atoms with Gasteiger partial charge in [-0.1, -0.05) is 32.4 Å². The minimum atomic E-state index is -0.137. The first-order chi connectivity index (χ1) is 7.60. The van der Waals surface area contributed by atoms with E-state index in [4.69, 9.17) is 4.74 Å².